The maximum atomic E-state index is 12.3. The van der Waals surface area contributed by atoms with Crippen LogP contribution in [0.3, 0.4) is 0 Å². The zero-order chi connectivity index (χ0) is 19.2. The van der Waals surface area contributed by atoms with Crippen LogP contribution in [0.5, 0.6) is 0 Å². The van der Waals surface area contributed by atoms with Gasteiger partial charge in [-0.1, -0.05) is 36.4 Å². The summed E-state index contributed by atoms with van der Waals surface area (Å²) in [6, 6.07) is 14.6. The van der Waals surface area contributed by atoms with Gasteiger partial charge in [-0.2, -0.15) is 5.10 Å². The molecular weight excluding hydrogens is 366 g/mol. The minimum absolute atomic E-state index is 0.152. The van der Waals surface area contributed by atoms with Crippen molar-refractivity contribution in [3.8, 4) is 10.6 Å². The first-order valence-corrected chi connectivity index (χ1v) is 9.09. The van der Waals surface area contributed by atoms with Gasteiger partial charge in [-0.15, -0.1) is 11.3 Å². The van der Waals surface area contributed by atoms with E-state index in [2.05, 4.69) is 10.4 Å². The Morgan fingerprint density at radius 3 is 2.56 bits per heavy atom. The highest BCUT2D eigenvalue weighted by Crippen LogP contribution is 2.20. The van der Waals surface area contributed by atoms with E-state index in [1.807, 2.05) is 23.6 Å². The number of thiophene rings is 1. The lowest BCUT2D eigenvalue weighted by molar-refractivity contribution is -0.141. The molecule has 2 heterocycles. The van der Waals surface area contributed by atoms with E-state index in [-0.39, 0.29) is 13.0 Å². The first-order chi connectivity index (χ1) is 13.0. The molecule has 0 aliphatic carbocycles. The Hall–Kier alpha value is -3.26. The number of carboxylic acids is 1. The van der Waals surface area contributed by atoms with Crippen LogP contribution in [-0.2, 0) is 22.6 Å². The van der Waals surface area contributed by atoms with E-state index in [1.54, 1.807) is 30.3 Å². The van der Waals surface area contributed by atoms with Crippen LogP contribution in [-0.4, -0.2) is 32.8 Å². The van der Waals surface area contributed by atoms with Gasteiger partial charge in [-0.3, -0.25) is 9.59 Å². The van der Waals surface area contributed by atoms with Crippen LogP contribution in [0.1, 0.15) is 5.56 Å². The number of amides is 1. The number of rotatable bonds is 7. The number of carbonyl (C=O) groups is 2. The van der Waals surface area contributed by atoms with Gasteiger partial charge >= 0.3 is 5.97 Å². The number of hydrogen-bond donors (Lipinski definition) is 2. The van der Waals surface area contributed by atoms with E-state index < -0.39 is 23.5 Å². The molecule has 1 unspecified atom stereocenters. The molecule has 0 aliphatic rings. The number of nitrogens with one attached hydrogen (secondary N) is 1. The number of carboxylic acid groups (broad SMARTS) is 1. The third-order valence-electron chi connectivity index (χ3n) is 3.85. The number of carbonyl (C=O) groups excluding carboxylic acids is 1. The molecule has 2 N–H and O–H groups in total. The van der Waals surface area contributed by atoms with Crippen LogP contribution in [0, 0.1) is 0 Å². The van der Waals surface area contributed by atoms with Crippen LogP contribution in [0.2, 0.25) is 0 Å². The van der Waals surface area contributed by atoms with Crippen molar-refractivity contribution in [3.63, 3.8) is 0 Å². The van der Waals surface area contributed by atoms with E-state index in [9.17, 15) is 19.5 Å². The molecule has 0 fully saturated rings. The molecular formula is C19H17N3O4S. The molecule has 2 aromatic heterocycles. The minimum atomic E-state index is -1.14. The van der Waals surface area contributed by atoms with Gasteiger partial charge in [0.15, 0.2) is 0 Å². The summed E-state index contributed by atoms with van der Waals surface area (Å²) < 4.78 is 1.03. The number of aliphatic carboxylic acids is 1. The van der Waals surface area contributed by atoms with Gasteiger partial charge in [-0.25, -0.2) is 9.48 Å². The molecule has 1 atom stereocenters. The number of benzene rings is 1. The first kappa shape index (κ1) is 18.5. The Labute approximate surface area is 158 Å². The topological polar surface area (TPSA) is 101 Å². The van der Waals surface area contributed by atoms with Gasteiger partial charge in [0.1, 0.15) is 18.3 Å². The molecule has 138 valence electrons. The molecule has 1 amide bonds. The zero-order valence-electron chi connectivity index (χ0n) is 14.2. The second-order valence-electron chi connectivity index (χ2n) is 5.84. The molecule has 0 bridgehead atoms. The predicted octanol–water partition coefficient (Wildman–Crippen LogP) is 1.78. The highest BCUT2D eigenvalue weighted by molar-refractivity contribution is 7.13. The van der Waals surface area contributed by atoms with Crippen LogP contribution >= 0.6 is 11.3 Å². The van der Waals surface area contributed by atoms with Crippen molar-refractivity contribution in [2.24, 2.45) is 0 Å². The summed E-state index contributed by atoms with van der Waals surface area (Å²) in [6.45, 7) is -0.351. The Morgan fingerprint density at radius 1 is 1.11 bits per heavy atom. The number of aromatic nitrogens is 2. The van der Waals surface area contributed by atoms with Crippen LogP contribution in [0.15, 0.2) is 64.8 Å². The summed E-state index contributed by atoms with van der Waals surface area (Å²) in [4.78, 5) is 36.6. The maximum absolute atomic E-state index is 12.3. The summed E-state index contributed by atoms with van der Waals surface area (Å²) in [5.74, 6) is -1.73. The lowest BCUT2D eigenvalue weighted by Gasteiger charge is -2.15. The second kappa shape index (κ2) is 8.41. The molecule has 3 aromatic rings. The van der Waals surface area contributed by atoms with Crippen molar-refractivity contribution >= 4 is 23.2 Å². The normalized spacial score (nSPS) is 11.7. The molecule has 27 heavy (non-hydrogen) atoms. The molecule has 0 radical (unpaired) electrons. The molecule has 0 aliphatic heterocycles. The Bertz CT molecular complexity index is 984. The average Bonchev–Trinajstić information content (AvgIpc) is 3.18. The van der Waals surface area contributed by atoms with Gasteiger partial charge in [0.25, 0.3) is 5.56 Å². The van der Waals surface area contributed by atoms with Crippen molar-refractivity contribution in [1.82, 2.24) is 15.1 Å². The average molecular weight is 383 g/mol. The van der Waals surface area contributed by atoms with Gasteiger partial charge < -0.3 is 10.4 Å². The van der Waals surface area contributed by atoms with Crippen LogP contribution in [0.4, 0.5) is 0 Å². The smallest absolute Gasteiger partial charge is 0.326 e. The highest BCUT2D eigenvalue weighted by atomic mass is 32.1. The molecule has 8 heteroatoms. The van der Waals surface area contributed by atoms with Crippen molar-refractivity contribution in [2.45, 2.75) is 19.0 Å². The summed E-state index contributed by atoms with van der Waals surface area (Å²) in [6.07, 6.45) is 0.152. The van der Waals surface area contributed by atoms with Crippen LogP contribution in [0.25, 0.3) is 10.6 Å². The highest BCUT2D eigenvalue weighted by Gasteiger charge is 2.21. The summed E-state index contributed by atoms with van der Waals surface area (Å²) in [5.41, 5.74) is 0.942. The summed E-state index contributed by atoms with van der Waals surface area (Å²) in [5, 5.41) is 17.9. The van der Waals surface area contributed by atoms with Gasteiger partial charge in [0.05, 0.1) is 4.88 Å². The lowest BCUT2D eigenvalue weighted by atomic mass is 10.1. The maximum Gasteiger partial charge on any atom is 0.326 e. The Balaban J connectivity index is 1.71. The van der Waals surface area contributed by atoms with Crippen molar-refractivity contribution in [3.05, 3.63) is 75.9 Å². The molecule has 7 nitrogen and oxygen atoms in total. The van der Waals surface area contributed by atoms with E-state index in [0.717, 1.165) is 15.1 Å². The van der Waals surface area contributed by atoms with Crippen molar-refractivity contribution in [1.29, 1.82) is 0 Å². The molecule has 0 saturated carbocycles. The van der Waals surface area contributed by atoms with Gasteiger partial charge in [0.2, 0.25) is 5.91 Å². The third-order valence-corrected chi connectivity index (χ3v) is 4.74. The Kier molecular flexibility index (Phi) is 5.77. The molecule has 3 rings (SSSR count). The molecule has 0 saturated heterocycles. The lowest BCUT2D eigenvalue weighted by Crippen LogP contribution is -2.44. The minimum Gasteiger partial charge on any atom is -0.480 e. The summed E-state index contributed by atoms with van der Waals surface area (Å²) >= 11 is 1.47. The van der Waals surface area contributed by atoms with E-state index in [4.69, 9.17) is 0 Å². The second-order valence-corrected chi connectivity index (χ2v) is 6.79. The van der Waals surface area contributed by atoms with Crippen molar-refractivity contribution in [2.75, 3.05) is 0 Å². The van der Waals surface area contributed by atoms with Gasteiger partial charge in [-0.05, 0) is 23.1 Å². The first-order valence-electron chi connectivity index (χ1n) is 8.21. The van der Waals surface area contributed by atoms with Crippen molar-refractivity contribution < 1.29 is 14.7 Å². The Morgan fingerprint density at radius 2 is 1.89 bits per heavy atom. The SMILES string of the molecule is O=C(Cn1nc(-c2cccs2)ccc1=O)NC(Cc1ccccc1)C(=O)O. The predicted molar refractivity (Wildman–Crippen MR) is 102 cm³/mol. The monoisotopic (exact) mass is 383 g/mol. The van der Waals surface area contributed by atoms with E-state index >= 15 is 0 Å². The number of nitrogens with zero attached hydrogens (tertiary/aromatic N) is 2. The fraction of sp³-hybridized carbons (Fsp3) is 0.158. The van der Waals surface area contributed by atoms with Gasteiger partial charge in [0, 0.05) is 12.5 Å². The zero-order valence-corrected chi connectivity index (χ0v) is 15.1. The fourth-order valence-electron chi connectivity index (χ4n) is 2.54. The van der Waals surface area contributed by atoms with Crippen LogP contribution < -0.4 is 10.9 Å². The van der Waals surface area contributed by atoms with E-state index in [1.165, 1.54) is 17.4 Å². The fourth-order valence-corrected chi connectivity index (χ4v) is 3.23. The standard InChI is InChI=1S/C19H17N3O4S/c23-17(20-15(19(25)26)11-13-5-2-1-3-6-13)12-22-18(24)9-8-14(21-22)16-7-4-10-27-16/h1-10,15H,11-12H2,(H,20,23)(H,25,26). The largest absolute Gasteiger partial charge is 0.480 e. The molecule has 0 spiro atoms. The number of hydrogen-bond acceptors (Lipinski definition) is 5. The molecule has 1 aromatic carbocycles. The third kappa shape index (κ3) is 4.89. The quantitative estimate of drug-likeness (QED) is 0.648. The summed E-state index contributed by atoms with van der Waals surface area (Å²) in [7, 11) is 0. The van der Waals surface area contributed by atoms with E-state index in [0.29, 0.717) is 5.69 Å².